The Morgan fingerprint density at radius 1 is 1.29 bits per heavy atom. The van der Waals surface area contributed by atoms with Crippen molar-refractivity contribution in [1.82, 2.24) is 15.2 Å². The molecule has 2 aromatic rings. The third-order valence-corrected chi connectivity index (χ3v) is 8.85. The third-order valence-electron chi connectivity index (χ3n) is 5.36. The molecule has 1 unspecified atom stereocenters. The number of nitrogen functional groups attached to an aromatic ring is 1. The second-order valence-corrected chi connectivity index (χ2v) is 11.6. The van der Waals surface area contributed by atoms with Gasteiger partial charge < -0.3 is 25.7 Å². The van der Waals surface area contributed by atoms with E-state index in [4.69, 9.17) is 10.5 Å². The number of carboxylic acids is 1. The van der Waals surface area contributed by atoms with Crippen LogP contribution in [0.25, 0.3) is 5.57 Å². The molecule has 0 spiro atoms. The number of carbonyl (C=O) groups excluding carboxylic acids is 4. The van der Waals surface area contributed by atoms with Crippen molar-refractivity contribution in [3.05, 3.63) is 58.1 Å². The maximum Gasteiger partial charge on any atom is 1.00 e. The van der Waals surface area contributed by atoms with E-state index >= 15 is 0 Å². The van der Waals surface area contributed by atoms with Gasteiger partial charge in [-0.15, -0.1) is 23.1 Å². The van der Waals surface area contributed by atoms with E-state index < -0.39 is 50.7 Å². The monoisotopic (exact) mass is 586 g/mol. The summed E-state index contributed by atoms with van der Waals surface area (Å²) in [5.74, 6) is -3.80. The van der Waals surface area contributed by atoms with Gasteiger partial charge in [0.05, 0.1) is 33.2 Å². The van der Waals surface area contributed by atoms with Crippen molar-refractivity contribution in [3.63, 3.8) is 0 Å². The van der Waals surface area contributed by atoms with E-state index in [0.717, 1.165) is 40.3 Å². The second kappa shape index (κ2) is 12.0. The first-order valence-electron chi connectivity index (χ1n) is 10.5. The Bertz CT molecular complexity index is 1460. The fourth-order valence-electron chi connectivity index (χ4n) is 3.67. The normalized spacial score (nSPS) is 19.1. The fraction of sp³-hybridized carbons (Fsp3) is 0.227. The van der Waals surface area contributed by atoms with E-state index in [9.17, 15) is 32.7 Å². The van der Waals surface area contributed by atoms with Crippen LogP contribution < -0.4 is 45.7 Å². The molecule has 2 aliphatic heterocycles. The number of ether oxygens (including phenoxy) is 1. The molecule has 4 rings (SSSR count). The Kier molecular flexibility index (Phi) is 9.43. The summed E-state index contributed by atoms with van der Waals surface area (Å²) in [4.78, 5) is 53.9. The number of benzene rings is 1. The summed E-state index contributed by atoms with van der Waals surface area (Å²) in [5.41, 5.74) is 5.10. The summed E-state index contributed by atoms with van der Waals surface area (Å²) in [6.45, 7) is 0.839. The van der Waals surface area contributed by atoms with Crippen molar-refractivity contribution < 1.29 is 67.0 Å². The van der Waals surface area contributed by atoms with Gasteiger partial charge in [-0.05, 0) is 12.1 Å². The van der Waals surface area contributed by atoms with Gasteiger partial charge in [0.2, 0.25) is 9.84 Å². The van der Waals surface area contributed by atoms with E-state index in [1.165, 1.54) is 29.6 Å². The standard InChI is InChI=1S/C22H20N4O8S3.Na/c1-11(27)34-7-12-8-35-20-16(19(29)26(20)17(12)21(30)31)25-18(28)14(15-9-36-22(23)24-15)10-37(32,33)13-5-3-2-4-6-13;/h2-6,9-10,16,20H,7-8H2,1H3,(H2,23,24)(H,25,28)(H,30,31);/q;+1/p-1/b14-10-;/t16?,20-;/m1./s1. The minimum atomic E-state index is -4.08. The molecule has 2 atom stereocenters. The zero-order valence-electron chi connectivity index (χ0n) is 20.1. The van der Waals surface area contributed by atoms with Crippen molar-refractivity contribution in [1.29, 1.82) is 0 Å². The molecular weight excluding hydrogens is 567 g/mol. The third kappa shape index (κ3) is 6.13. The van der Waals surface area contributed by atoms with Gasteiger partial charge in [-0.25, -0.2) is 13.4 Å². The number of aromatic nitrogens is 1. The quantitative estimate of drug-likeness (QED) is 0.135. The predicted molar refractivity (Wildman–Crippen MR) is 132 cm³/mol. The Morgan fingerprint density at radius 3 is 2.55 bits per heavy atom. The van der Waals surface area contributed by atoms with Crippen molar-refractivity contribution in [3.8, 4) is 0 Å². The molecule has 0 saturated carbocycles. The molecule has 2 aliphatic rings. The summed E-state index contributed by atoms with van der Waals surface area (Å²) >= 11 is 2.15. The number of carboxylic acid groups (broad SMARTS) is 1. The molecule has 0 radical (unpaired) electrons. The van der Waals surface area contributed by atoms with Crippen LogP contribution in [0.1, 0.15) is 12.6 Å². The number of thiazole rings is 1. The Balaban J connectivity index is 0.00000400. The van der Waals surface area contributed by atoms with Crippen LogP contribution in [0.2, 0.25) is 0 Å². The molecule has 1 fully saturated rings. The minimum absolute atomic E-state index is 0. The first-order chi connectivity index (χ1) is 17.5. The molecule has 38 heavy (non-hydrogen) atoms. The molecule has 3 N–H and O–H groups in total. The Labute approximate surface area is 247 Å². The van der Waals surface area contributed by atoms with E-state index in [-0.39, 0.29) is 68.8 Å². The molecule has 1 saturated heterocycles. The van der Waals surface area contributed by atoms with Crippen LogP contribution in [0.4, 0.5) is 5.13 Å². The maximum atomic E-state index is 13.2. The number of amides is 2. The van der Waals surface area contributed by atoms with Gasteiger partial charge in [-0.2, -0.15) is 0 Å². The zero-order valence-corrected chi connectivity index (χ0v) is 24.5. The van der Waals surface area contributed by atoms with Gasteiger partial charge >= 0.3 is 35.5 Å². The number of sulfone groups is 1. The summed E-state index contributed by atoms with van der Waals surface area (Å²) in [6, 6.07) is 6.28. The zero-order chi connectivity index (χ0) is 26.9. The van der Waals surface area contributed by atoms with Crippen LogP contribution in [0, 0.1) is 0 Å². The Hall–Kier alpha value is -2.69. The van der Waals surface area contributed by atoms with Crippen molar-refractivity contribution >= 4 is 67.4 Å². The molecular formula is C22H19N4NaO8S3. The van der Waals surface area contributed by atoms with Crippen LogP contribution in [-0.2, 0) is 33.8 Å². The molecule has 194 valence electrons. The number of anilines is 1. The van der Waals surface area contributed by atoms with Gasteiger partial charge in [0.25, 0.3) is 11.8 Å². The largest absolute Gasteiger partial charge is 1.00 e. The molecule has 0 bridgehead atoms. The maximum absolute atomic E-state index is 13.2. The molecule has 0 aliphatic carbocycles. The smallest absolute Gasteiger partial charge is 0.543 e. The SMILES string of the molecule is CC(=O)OCC1=C(C(=O)[O-])N2C(=O)C(NC(=O)/C(=C\S(=O)(=O)c3ccccc3)c3csc(N)n3)[C@H]2SC1.[Na+]. The number of nitrogens with two attached hydrogens (primary N) is 1. The molecule has 16 heteroatoms. The van der Waals surface area contributed by atoms with E-state index in [1.807, 2.05) is 0 Å². The average Bonchev–Trinajstić information content (AvgIpc) is 3.29. The minimum Gasteiger partial charge on any atom is -0.543 e. The number of β-lactam (4-membered cyclic amide) rings is 1. The number of hydrogen-bond acceptors (Lipinski definition) is 12. The van der Waals surface area contributed by atoms with Crippen molar-refractivity contribution in [2.24, 2.45) is 0 Å². The number of thioether (sulfide) groups is 1. The second-order valence-electron chi connectivity index (χ2n) is 7.84. The number of aliphatic carboxylic acids is 1. The number of fused-ring (bicyclic) bond motifs is 1. The van der Waals surface area contributed by atoms with Crippen molar-refractivity contribution in [2.75, 3.05) is 18.1 Å². The summed E-state index contributed by atoms with van der Waals surface area (Å²) in [6.07, 6.45) is 0. The van der Waals surface area contributed by atoms with Gasteiger partial charge in [0, 0.05) is 23.6 Å². The van der Waals surface area contributed by atoms with Crippen LogP contribution in [0.15, 0.2) is 57.3 Å². The number of rotatable bonds is 8. The first-order valence-corrected chi connectivity index (χ1v) is 14.0. The van der Waals surface area contributed by atoms with Gasteiger partial charge in [-0.1, -0.05) is 18.2 Å². The topological polar surface area (TPSA) is 189 Å². The molecule has 1 aromatic heterocycles. The first kappa shape index (κ1) is 29.9. The van der Waals surface area contributed by atoms with Gasteiger partial charge in [0.1, 0.15) is 18.0 Å². The number of nitrogens with one attached hydrogen (secondary N) is 1. The summed E-state index contributed by atoms with van der Waals surface area (Å²) in [7, 11) is -4.08. The fourth-order valence-corrected chi connectivity index (χ4v) is 6.77. The summed E-state index contributed by atoms with van der Waals surface area (Å²) in [5, 5.41) is 15.7. The number of carbonyl (C=O) groups is 4. The van der Waals surface area contributed by atoms with E-state index in [1.54, 1.807) is 6.07 Å². The van der Waals surface area contributed by atoms with Crippen LogP contribution >= 0.6 is 23.1 Å². The Morgan fingerprint density at radius 2 is 1.97 bits per heavy atom. The summed E-state index contributed by atoms with van der Waals surface area (Å²) < 4.78 is 30.8. The number of esters is 1. The van der Waals surface area contributed by atoms with Gasteiger partial charge in [-0.3, -0.25) is 19.3 Å². The van der Waals surface area contributed by atoms with Crippen molar-refractivity contribution in [2.45, 2.75) is 23.2 Å². The van der Waals surface area contributed by atoms with Gasteiger partial charge in [0.15, 0.2) is 5.13 Å². The van der Waals surface area contributed by atoms with Crippen LogP contribution in [0.3, 0.4) is 0 Å². The number of hydrogen-bond donors (Lipinski definition) is 2. The molecule has 3 heterocycles. The van der Waals surface area contributed by atoms with E-state index in [0.29, 0.717) is 0 Å². The molecule has 2 amide bonds. The predicted octanol–water partition coefficient (Wildman–Crippen LogP) is -3.49. The van der Waals surface area contributed by atoms with Crippen LogP contribution in [-0.4, -0.2) is 65.8 Å². The number of nitrogens with zero attached hydrogens (tertiary/aromatic N) is 2. The molecule has 12 nitrogen and oxygen atoms in total. The average molecular weight is 587 g/mol. The van der Waals surface area contributed by atoms with E-state index in [2.05, 4.69) is 10.3 Å². The molecule has 1 aromatic carbocycles. The van der Waals surface area contributed by atoms with Crippen LogP contribution in [0.5, 0.6) is 0 Å².